The summed E-state index contributed by atoms with van der Waals surface area (Å²) in [5.74, 6) is 0. The Morgan fingerprint density at radius 2 is 0.816 bits per heavy atom. The van der Waals surface area contributed by atoms with Gasteiger partial charge in [-0.2, -0.15) is 60.2 Å². The zero-order valence-electron chi connectivity index (χ0n) is 31.2. The van der Waals surface area contributed by atoms with E-state index in [1.54, 1.807) is 23.5 Å². The molecule has 0 heterocycles. The molecule has 0 spiro atoms. The smallest absolute Gasteiger partial charge is 0 e. The predicted octanol–water partition coefficient (Wildman–Crippen LogP) is 14.0. The molecule has 49 heavy (non-hydrogen) atoms. The first kappa shape index (κ1) is 46.7. The average molecular weight is 774 g/mol. The SMILES string of the molecule is CCCC[N-]C([N-]c1c(C)cccc1C)SC.CCCC[N-]C([N-]c1c(C)cccc1C)SC.[CH2-]c1ccccc1.[CH2-]c1ccccc1.[Zr]. The molecule has 7 heteroatoms. The van der Waals surface area contributed by atoms with Crippen LogP contribution in [-0.2, 0) is 26.2 Å². The number of hydrogen-bond donors (Lipinski definition) is 0. The minimum absolute atomic E-state index is 0. The van der Waals surface area contributed by atoms with Gasteiger partial charge < -0.3 is 21.3 Å². The summed E-state index contributed by atoms with van der Waals surface area (Å²) in [5.41, 5.74) is 9.36. The van der Waals surface area contributed by atoms with Crippen molar-refractivity contribution in [1.29, 1.82) is 0 Å². The molecular weight excluding hydrogens is 716 g/mol. The summed E-state index contributed by atoms with van der Waals surface area (Å²) < 4.78 is 0. The van der Waals surface area contributed by atoms with Crippen molar-refractivity contribution >= 4 is 34.9 Å². The summed E-state index contributed by atoms with van der Waals surface area (Å²) in [6.45, 7) is 22.1. The van der Waals surface area contributed by atoms with Gasteiger partial charge in [0.15, 0.2) is 0 Å². The molecule has 0 saturated carbocycles. The Balaban J connectivity index is 0.000000670. The van der Waals surface area contributed by atoms with Gasteiger partial charge in [-0.15, -0.1) is 48.7 Å². The Kier molecular flexibility index (Phi) is 28.1. The van der Waals surface area contributed by atoms with E-state index in [2.05, 4.69) is 115 Å². The van der Waals surface area contributed by atoms with Crippen molar-refractivity contribution < 1.29 is 26.2 Å². The second kappa shape index (κ2) is 29.5. The van der Waals surface area contributed by atoms with Crippen LogP contribution < -0.4 is 0 Å². The first-order chi connectivity index (χ1) is 23.2. The molecule has 4 rings (SSSR count). The van der Waals surface area contributed by atoms with Crippen molar-refractivity contribution in [1.82, 2.24) is 0 Å². The molecule has 4 aromatic carbocycles. The van der Waals surface area contributed by atoms with Crippen molar-refractivity contribution in [3.63, 3.8) is 0 Å². The van der Waals surface area contributed by atoms with Gasteiger partial charge in [0, 0.05) is 26.2 Å². The van der Waals surface area contributed by atoms with Crippen LogP contribution in [0.15, 0.2) is 97.1 Å². The van der Waals surface area contributed by atoms with Crippen LogP contribution in [0.3, 0.4) is 0 Å². The molecule has 0 aliphatic heterocycles. The molecule has 0 amide bonds. The molecule has 0 aliphatic rings. The zero-order valence-corrected chi connectivity index (χ0v) is 35.2. The van der Waals surface area contributed by atoms with E-state index in [9.17, 15) is 0 Å². The van der Waals surface area contributed by atoms with Gasteiger partial charge >= 0.3 is 0 Å². The number of aryl methyl sites for hydroxylation is 4. The number of para-hydroxylation sites is 2. The van der Waals surface area contributed by atoms with Crippen LogP contribution >= 0.6 is 23.5 Å². The molecule has 0 aliphatic carbocycles. The Bertz CT molecular complexity index is 1210. The number of unbranched alkanes of at least 4 members (excludes halogenated alkanes) is 2. The molecule has 0 aromatic heterocycles. The molecule has 0 fully saturated rings. The van der Waals surface area contributed by atoms with Crippen LogP contribution in [0.4, 0.5) is 11.4 Å². The minimum Gasteiger partial charge on any atom is -0.691 e. The topological polar surface area (TPSA) is 56.4 Å². The molecule has 0 N–H and O–H groups in total. The maximum Gasteiger partial charge on any atom is 0 e. The fourth-order valence-electron chi connectivity index (χ4n) is 4.25. The molecular formula is C42H58N4S2Zr-6. The van der Waals surface area contributed by atoms with Crippen LogP contribution in [0, 0.1) is 41.5 Å². The number of nitrogens with zero attached hydrogens (tertiary/aromatic N) is 4. The van der Waals surface area contributed by atoms with Crippen LogP contribution in [0.25, 0.3) is 21.3 Å². The standard InChI is InChI=1S/2C14H22N2S.2C7H7.Zr/c2*1-5-6-10-15-14(17-4)16-13-11(2)8-7-9-12(13)3;2*1-7-5-3-2-4-6-7;/h2*7-9,14H,5-6,10H2,1-4H3;2*2-6H,1H2;/q2*-2;2*-1;. The van der Waals surface area contributed by atoms with E-state index >= 15 is 0 Å². The van der Waals surface area contributed by atoms with Gasteiger partial charge in [0.05, 0.1) is 0 Å². The van der Waals surface area contributed by atoms with Gasteiger partial charge in [0.2, 0.25) is 0 Å². The molecule has 0 radical (unpaired) electrons. The third-order valence-electron chi connectivity index (χ3n) is 7.06. The Labute approximate surface area is 328 Å². The minimum atomic E-state index is 0. The zero-order chi connectivity index (χ0) is 35.6. The van der Waals surface area contributed by atoms with E-state index in [1.807, 2.05) is 60.7 Å². The van der Waals surface area contributed by atoms with Crippen molar-refractivity contribution in [3.8, 4) is 0 Å². The largest absolute Gasteiger partial charge is 0.691 e. The maximum atomic E-state index is 4.74. The van der Waals surface area contributed by atoms with Gasteiger partial charge in [-0.1, -0.05) is 110 Å². The van der Waals surface area contributed by atoms with Crippen molar-refractivity contribution in [2.45, 2.75) is 78.2 Å². The second-order valence-corrected chi connectivity index (χ2v) is 13.1. The van der Waals surface area contributed by atoms with E-state index in [1.165, 1.54) is 35.1 Å². The van der Waals surface area contributed by atoms with Gasteiger partial charge in [-0.25, -0.2) is 23.5 Å². The first-order valence-corrected chi connectivity index (χ1v) is 19.4. The Morgan fingerprint density at radius 1 is 0.510 bits per heavy atom. The van der Waals surface area contributed by atoms with Gasteiger partial charge in [0.1, 0.15) is 0 Å². The Morgan fingerprint density at radius 3 is 1.04 bits per heavy atom. The van der Waals surface area contributed by atoms with E-state index in [0.29, 0.717) is 0 Å². The van der Waals surface area contributed by atoms with Crippen molar-refractivity contribution in [2.75, 3.05) is 25.6 Å². The van der Waals surface area contributed by atoms with Crippen LogP contribution in [0.5, 0.6) is 0 Å². The number of hydrogen-bond acceptors (Lipinski definition) is 2. The number of benzene rings is 4. The maximum absolute atomic E-state index is 4.74. The van der Waals surface area contributed by atoms with Crippen LogP contribution in [-0.4, -0.2) is 36.6 Å². The molecule has 268 valence electrons. The average Bonchev–Trinajstić information content (AvgIpc) is 3.08. The van der Waals surface area contributed by atoms with Crippen molar-refractivity contribution in [2.24, 2.45) is 0 Å². The fraction of sp³-hybridized carbons (Fsp3) is 0.381. The summed E-state index contributed by atoms with van der Waals surface area (Å²) in [6.07, 6.45) is 8.81. The molecule has 0 bridgehead atoms. The normalized spacial score (nSPS) is 11.1. The molecule has 2 unspecified atom stereocenters. The van der Waals surface area contributed by atoms with Crippen LogP contribution in [0.1, 0.15) is 72.9 Å². The van der Waals surface area contributed by atoms with Gasteiger partial charge in [-0.3, -0.25) is 0 Å². The first-order valence-electron chi connectivity index (χ1n) is 16.8. The third kappa shape index (κ3) is 21.5. The third-order valence-corrected chi connectivity index (χ3v) is 8.41. The predicted molar refractivity (Wildman–Crippen MR) is 221 cm³/mol. The summed E-state index contributed by atoms with van der Waals surface area (Å²) in [6, 6.07) is 32.3. The summed E-state index contributed by atoms with van der Waals surface area (Å²) in [7, 11) is 0. The molecule has 2 atom stereocenters. The van der Waals surface area contributed by atoms with Crippen molar-refractivity contribution in [3.05, 3.63) is 166 Å². The van der Waals surface area contributed by atoms with Gasteiger partial charge in [0.25, 0.3) is 0 Å². The quantitative estimate of drug-likeness (QED) is 0.0946. The number of rotatable bonds is 14. The monoisotopic (exact) mass is 772 g/mol. The molecule has 0 saturated heterocycles. The Hall–Kier alpha value is -2.28. The van der Waals surface area contributed by atoms with E-state index in [4.69, 9.17) is 10.6 Å². The molecule has 4 aromatic rings. The van der Waals surface area contributed by atoms with E-state index in [-0.39, 0.29) is 37.2 Å². The van der Waals surface area contributed by atoms with Crippen LogP contribution in [0.2, 0.25) is 0 Å². The summed E-state index contributed by atoms with van der Waals surface area (Å²) in [5, 5.41) is 18.7. The van der Waals surface area contributed by atoms with E-state index < -0.39 is 0 Å². The second-order valence-electron chi connectivity index (χ2n) is 11.4. The summed E-state index contributed by atoms with van der Waals surface area (Å²) in [4.78, 5) is 0. The molecule has 4 nitrogen and oxygen atoms in total. The van der Waals surface area contributed by atoms with Gasteiger partial charge in [-0.05, 0) is 40.2 Å². The fourth-order valence-corrected chi connectivity index (χ4v) is 5.18. The number of thioether (sulfide) groups is 2. The van der Waals surface area contributed by atoms with E-state index in [0.717, 1.165) is 48.4 Å². The summed E-state index contributed by atoms with van der Waals surface area (Å²) >= 11 is 3.40.